The van der Waals surface area contributed by atoms with E-state index in [0.29, 0.717) is 11.2 Å². The molecule has 1 N–H and O–H groups in total. The smallest absolute Gasteiger partial charge is 0.330 e. The first-order valence-corrected chi connectivity index (χ1v) is 8.55. The van der Waals surface area contributed by atoms with Crippen LogP contribution in [-0.4, -0.2) is 26.1 Å². The van der Waals surface area contributed by atoms with Crippen molar-refractivity contribution in [2.45, 2.75) is 32.4 Å². The third-order valence-corrected chi connectivity index (χ3v) is 4.72. The molecule has 7 heteroatoms. The Bertz CT molecular complexity index is 1080. The largest absolute Gasteiger partial charge is 0.352 e. The molecule has 0 saturated heterocycles. The molecule has 1 aromatic carbocycles. The SMILES string of the molecule is Cc1cc(F)ccc1-c1cnc2c(c1)n(CC(=O)NC1CC1)c(=O)n2C. The van der Waals surface area contributed by atoms with E-state index in [2.05, 4.69) is 10.3 Å². The van der Waals surface area contributed by atoms with Crippen LogP contribution in [0.15, 0.2) is 35.3 Å². The number of imidazole rings is 1. The van der Waals surface area contributed by atoms with Gasteiger partial charge in [0.25, 0.3) is 0 Å². The lowest BCUT2D eigenvalue weighted by Gasteiger charge is -2.08. The zero-order chi connectivity index (χ0) is 18.4. The Morgan fingerprint density at radius 2 is 2.12 bits per heavy atom. The summed E-state index contributed by atoms with van der Waals surface area (Å²) in [6.45, 7) is 1.78. The average Bonchev–Trinajstić information content (AvgIpc) is 3.38. The Kier molecular flexibility index (Phi) is 3.86. The predicted octanol–water partition coefficient (Wildman–Crippen LogP) is 2.13. The van der Waals surface area contributed by atoms with Crippen LogP contribution in [-0.2, 0) is 18.4 Å². The summed E-state index contributed by atoms with van der Waals surface area (Å²) in [6.07, 6.45) is 3.65. The maximum atomic E-state index is 13.4. The van der Waals surface area contributed by atoms with Crippen molar-refractivity contribution in [3.05, 3.63) is 52.3 Å². The van der Waals surface area contributed by atoms with Crippen LogP contribution >= 0.6 is 0 Å². The van der Waals surface area contributed by atoms with Gasteiger partial charge in [0.15, 0.2) is 5.65 Å². The van der Waals surface area contributed by atoms with Crippen LogP contribution in [0, 0.1) is 12.7 Å². The summed E-state index contributed by atoms with van der Waals surface area (Å²) in [5.41, 5.74) is 3.21. The molecule has 0 bridgehead atoms. The number of nitrogens with zero attached hydrogens (tertiary/aromatic N) is 3. The van der Waals surface area contributed by atoms with E-state index in [1.807, 2.05) is 13.0 Å². The summed E-state index contributed by atoms with van der Waals surface area (Å²) in [6, 6.07) is 6.62. The molecule has 0 radical (unpaired) electrons. The van der Waals surface area contributed by atoms with E-state index in [1.165, 1.54) is 21.3 Å². The molecule has 0 aliphatic heterocycles. The number of hydrogen-bond donors (Lipinski definition) is 1. The van der Waals surface area contributed by atoms with Crippen LogP contribution < -0.4 is 11.0 Å². The van der Waals surface area contributed by atoms with Crippen molar-refractivity contribution in [1.82, 2.24) is 19.4 Å². The second kappa shape index (κ2) is 6.09. The number of aromatic nitrogens is 3. The van der Waals surface area contributed by atoms with Gasteiger partial charge < -0.3 is 5.32 Å². The standard InChI is InChI=1S/C19H19FN4O2/c1-11-7-13(20)3-6-15(11)12-8-16-18(21-9-12)23(2)19(26)24(16)10-17(25)22-14-4-5-14/h3,6-9,14H,4-5,10H2,1-2H3,(H,22,25). The highest BCUT2D eigenvalue weighted by atomic mass is 19.1. The fraction of sp³-hybridized carbons (Fsp3) is 0.316. The van der Waals surface area contributed by atoms with Crippen LogP contribution in [0.25, 0.3) is 22.3 Å². The van der Waals surface area contributed by atoms with Crippen molar-refractivity contribution in [1.29, 1.82) is 0 Å². The first kappa shape index (κ1) is 16.5. The molecule has 1 saturated carbocycles. The maximum Gasteiger partial charge on any atom is 0.330 e. The molecule has 6 nitrogen and oxygen atoms in total. The van der Waals surface area contributed by atoms with Gasteiger partial charge in [0.2, 0.25) is 5.91 Å². The third-order valence-electron chi connectivity index (χ3n) is 4.72. The molecule has 4 rings (SSSR count). The quantitative estimate of drug-likeness (QED) is 0.780. The number of rotatable bonds is 4. The van der Waals surface area contributed by atoms with Crippen LogP contribution in [0.1, 0.15) is 18.4 Å². The molecule has 1 fully saturated rings. The van der Waals surface area contributed by atoms with Crippen molar-refractivity contribution in [2.75, 3.05) is 0 Å². The van der Waals surface area contributed by atoms with E-state index in [9.17, 15) is 14.0 Å². The van der Waals surface area contributed by atoms with Gasteiger partial charge in [0.1, 0.15) is 12.4 Å². The fourth-order valence-corrected chi connectivity index (χ4v) is 3.17. The highest BCUT2D eigenvalue weighted by molar-refractivity contribution is 5.82. The topological polar surface area (TPSA) is 68.9 Å². The first-order chi connectivity index (χ1) is 12.4. The molecular formula is C19H19FN4O2. The van der Waals surface area contributed by atoms with E-state index in [4.69, 9.17) is 0 Å². The monoisotopic (exact) mass is 354 g/mol. The van der Waals surface area contributed by atoms with Gasteiger partial charge in [-0.3, -0.25) is 13.9 Å². The Balaban J connectivity index is 1.79. The van der Waals surface area contributed by atoms with E-state index >= 15 is 0 Å². The van der Waals surface area contributed by atoms with E-state index in [-0.39, 0.29) is 30.0 Å². The highest BCUT2D eigenvalue weighted by Gasteiger charge is 2.24. The maximum absolute atomic E-state index is 13.4. The Hall–Kier alpha value is -2.96. The van der Waals surface area contributed by atoms with E-state index in [0.717, 1.165) is 29.5 Å². The lowest BCUT2D eigenvalue weighted by molar-refractivity contribution is -0.121. The molecule has 1 aliphatic rings. The summed E-state index contributed by atoms with van der Waals surface area (Å²) < 4.78 is 16.2. The van der Waals surface area contributed by atoms with Crippen LogP contribution in [0.4, 0.5) is 4.39 Å². The van der Waals surface area contributed by atoms with Gasteiger partial charge in [-0.2, -0.15) is 0 Å². The summed E-state index contributed by atoms with van der Waals surface area (Å²) in [5, 5.41) is 2.90. The van der Waals surface area contributed by atoms with Crippen molar-refractivity contribution in [2.24, 2.45) is 7.05 Å². The first-order valence-electron chi connectivity index (χ1n) is 8.55. The molecule has 0 unspecified atom stereocenters. The van der Waals surface area contributed by atoms with Crippen molar-refractivity contribution in [3.8, 4) is 11.1 Å². The minimum absolute atomic E-state index is 0.0415. The van der Waals surface area contributed by atoms with Gasteiger partial charge >= 0.3 is 5.69 Å². The second-order valence-electron chi connectivity index (χ2n) is 6.80. The zero-order valence-corrected chi connectivity index (χ0v) is 14.6. The van der Waals surface area contributed by atoms with Gasteiger partial charge in [-0.15, -0.1) is 0 Å². The average molecular weight is 354 g/mol. The number of fused-ring (bicyclic) bond motifs is 1. The second-order valence-corrected chi connectivity index (χ2v) is 6.80. The molecule has 1 amide bonds. The highest BCUT2D eigenvalue weighted by Crippen LogP contribution is 2.26. The lowest BCUT2D eigenvalue weighted by atomic mass is 10.0. The number of amides is 1. The molecule has 134 valence electrons. The minimum Gasteiger partial charge on any atom is -0.352 e. The number of benzene rings is 1. The Morgan fingerprint density at radius 3 is 2.81 bits per heavy atom. The molecular weight excluding hydrogens is 335 g/mol. The molecule has 1 aliphatic carbocycles. The third kappa shape index (κ3) is 2.89. The van der Waals surface area contributed by atoms with Crippen LogP contribution in [0.5, 0.6) is 0 Å². The minimum atomic E-state index is -0.298. The molecule has 2 aromatic heterocycles. The summed E-state index contributed by atoms with van der Waals surface area (Å²) in [4.78, 5) is 29.1. The number of aryl methyl sites for hydroxylation is 2. The van der Waals surface area contributed by atoms with Crippen LogP contribution in [0.3, 0.4) is 0 Å². The molecule has 26 heavy (non-hydrogen) atoms. The fourth-order valence-electron chi connectivity index (χ4n) is 3.17. The lowest BCUT2D eigenvalue weighted by Crippen LogP contribution is -2.33. The number of carbonyl (C=O) groups is 1. The normalized spacial score (nSPS) is 14.0. The van der Waals surface area contributed by atoms with Gasteiger partial charge in [-0.1, -0.05) is 6.07 Å². The van der Waals surface area contributed by atoms with Gasteiger partial charge in [-0.25, -0.2) is 14.2 Å². The van der Waals surface area contributed by atoms with Gasteiger partial charge in [0.05, 0.1) is 5.52 Å². The number of halogens is 1. The van der Waals surface area contributed by atoms with Gasteiger partial charge in [0, 0.05) is 24.8 Å². The zero-order valence-electron chi connectivity index (χ0n) is 14.6. The predicted molar refractivity (Wildman–Crippen MR) is 96.3 cm³/mol. The van der Waals surface area contributed by atoms with Gasteiger partial charge in [-0.05, 0) is 49.1 Å². The number of hydrogen-bond acceptors (Lipinski definition) is 3. The number of pyridine rings is 1. The summed E-state index contributed by atoms with van der Waals surface area (Å²) in [7, 11) is 1.63. The Morgan fingerprint density at radius 1 is 1.35 bits per heavy atom. The molecule has 0 spiro atoms. The van der Waals surface area contributed by atoms with Crippen molar-refractivity contribution in [3.63, 3.8) is 0 Å². The van der Waals surface area contributed by atoms with Crippen molar-refractivity contribution >= 4 is 17.1 Å². The van der Waals surface area contributed by atoms with E-state index < -0.39 is 0 Å². The molecule has 3 aromatic rings. The number of nitrogens with one attached hydrogen (secondary N) is 1. The summed E-state index contributed by atoms with van der Waals surface area (Å²) in [5.74, 6) is -0.473. The summed E-state index contributed by atoms with van der Waals surface area (Å²) >= 11 is 0. The molecule has 2 heterocycles. The van der Waals surface area contributed by atoms with E-state index in [1.54, 1.807) is 19.3 Å². The van der Waals surface area contributed by atoms with Crippen LogP contribution in [0.2, 0.25) is 0 Å². The Labute approximate surface area is 149 Å². The number of carbonyl (C=O) groups excluding carboxylic acids is 1. The molecule has 0 atom stereocenters. The van der Waals surface area contributed by atoms with Crippen molar-refractivity contribution < 1.29 is 9.18 Å².